The topological polar surface area (TPSA) is 59.8 Å². The number of anilines is 1. The van der Waals surface area contributed by atoms with Crippen LogP contribution >= 0.6 is 0 Å². The van der Waals surface area contributed by atoms with Gasteiger partial charge < -0.3 is 5.32 Å². The van der Waals surface area contributed by atoms with Crippen molar-refractivity contribution >= 4 is 11.7 Å². The summed E-state index contributed by atoms with van der Waals surface area (Å²) in [6, 6.07) is 14.7. The van der Waals surface area contributed by atoms with Crippen molar-refractivity contribution in [3.8, 4) is 5.69 Å². The van der Waals surface area contributed by atoms with E-state index in [9.17, 15) is 9.18 Å². The largest absolute Gasteiger partial charge is 0.308 e. The predicted molar refractivity (Wildman–Crippen MR) is 101 cm³/mol. The zero-order valence-electron chi connectivity index (χ0n) is 14.9. The lowest BCUT2D eigenvalue weighted by Crippen LogP contribution is -2.42. The number of benzene rings is 1. The van der Waals surface area contributed by atoms with E-state index in [-0.39, 0.29) is 5.91 Å². The van der Waals surface area contributed by atoms with Gasteiger partial charge in [-0.15, -0.1) is 0 Å². The molecule has 0 spiro atoms. The van der Waals surface area contributed by atoms with Gasteiger partial charge in [0.25, 0.3) is 0 Å². The van der Waals surface area contributed by atoms with E-state index < -0.39 is 11.4 Å². The number of rotatable bonds is 4. The fourth-order valence-electron chi connectivity index (χ4n) is 3.86. The minimum atomic E-state index is -0.571. The van der Waals surface area contributed by atoms with E-state index in [0.29, 0.717) is 11.5 Å². The Bertz CT molecular complexity index is 932. The standard InChI is InChI=1S/C21H21FN4O/c22-18-15-17(9-13-23-18)26-14-10-19(25-26)24-20(27)21(11-5-2-6-12-21)16-7-3-1-4-8-16/h1,3-4,7-10,13-15H,2,5-6,11-12H2,(H,24,25,27). The van der Waals surface area contributed by atoms with Gasteiger partial charge in [-0.3, -0.25) is 4.79 Å². The molecule has 2 aromatic heterocycles. The van der Waals surface area contributed by atoms with E-state index in [4.69, 9.17) is 0 Å². The lowest BCUT2D eigenvalue weighted by atomic mass is 9.68. The van der Waals surface area contributed by atoms with Crippen molar-refractivity contribution in [1.29, 1.82) is 0 Å². The molecule has 138 valence electrons. The summed E-state index contributed by atoms with van der Waals surface area (Å²) >= 11 is 0. The Labute approximate surface area is 157 Å². The van der Waals surface area contributed by atoms with Crippen LogP contribution in [0.5, 0.6) is 0 Å². The van der Waals surface area contributed by atoms with Crippen LogP contribution in [0.1, 0.15) is 37.7 Å². The first-order valence-corrected chi connectivity index (χ1v) is 9.22. The molecule has 1 fully saturated rings. The zero-order valence-corrected chi connectivity index (χ0v) is 14.9. The number of pyridine rings is 1. The van der Waals surface area contributed by atoms with Crippen molar-refractivity contribution in [2.75, 3.05) is 5.32 Å². The summed E-state index contributed by atoms with van der Waals surface area (Å²) in [5.74, 6) is -0.142. The number of amides is 1. The third-order valence-corrected chi connectivity index (χ3v) is 5.27. The molecule has 2 heterocycles. The van der Waals surface area contributed by atoms with Crippen LogP contribution in [-0.4, -0.2) is 20.7 Å². The minimum Gasteiger partial charge on any atom is -0.308 e. The summed E-state index contributed by atoms with van der Waals surface area (Å²) < 4.78 is 14.9. The fourth-order valence-corrected chi connectivity index (χ4v) is 3.86. The highest BCUT2D eigenvalue weighted by molar-refractivity contribution is 5.98. The summed E-state index contributed by atoms with van der Waals surface area (Å²) in [4.78, 5) is 16.8. The van der Waals surface area contributed by atoms with Gasteiger partial charge in [0.1, 0.15) is 0 Å². The molecule has 0 bridgehead atoms. The van der Waals surface area contributed by atoms with E-state index in [0.717, 1.165) is 37.7 Å². The van der Waals surface area contributed by atoms with Gasteiger partial charge >= 0.3 is 0 Å². The maximum absolute atomic E-state index is 13.3. The van der Waals surface area contributed by atoms with Gasteiger partial charge in [-0.05, 0) is 24.5 Å². The Morgan fingerprint density at radius 2 is 1.85 bits per heavy atom. The average molecular weight is 364 g/mol. The van der Waals surface area contributed by atoms with Gasteiger partial charge in [-0.2, -0.15) is 9.49 Å². The van der Waals surface area contributed by atoms with Crippen molar-refractivity contribution < 1.29 is 9.18 Å². The monoisotopic (exact) mass is 364 g/mol. The van der Waals surface area contributed by atoms with Crippen molar-refractivity contribution in [3.05, 3.63) is 72.4 Å². The lowest BCUT2D eigenvalue weighted by Gasteiger charge is -2.36. The van der Waals surface area contributed by atoms with Gasteiger partial charge in [0.15, 0.2) is 5.82 Å². The molecule has 3 aromatic rings. The second kappa shape index (κ2) is 7.31. The number of carbonyl (C=O) groups is 1. The van der Waals surface area contributed by atoms with Crippen molar-refractivity contribution in [3.63, 3.8) is 0 Å². The highest BCUT2D eigenvalue weighted by Crippen LogP contribution is 2.40. The van der Waals surface area contributed by atoms with E-state index in [1.165, 1.54) is 16.9 Å². The Morgan fingerprint density at radius 1 is 1.07 bits per heavy atom. The van der Waals surface area contributed by atoms with Gasteiger partial charge in [-0.1, -0.05) is 49.6 Å². The Kier molecular flexibility index (Phi) is 4.71. The third kappa shape index (κ3) is 3.47. The smallest absolute Gasteiger partial charge is 0.236 e. The van der Waals surface area contributed by atoms with Crippen LogP contribution in [0.2, 0.25) is 0 Å². The van der Waals surface area contributed by atoms with Crippen LogP contribution in [0.3, 0.4) is 0 Å². The van der Waals surface area contributed by atoms with Crippen LogP contribution in [-0.2, 0) is 10.2 Å². The second-order valence-electron chi connectivity index (χ2n) is 6.95. The first-order chi connectivity index (χ1) is 13.2. The molecule has 27 heavy (non-hydrogen) atoms. The molecule has 0 saturated heterocycles. The SMILES string of the molecule is O=C(Nc1ccn(-c2ccnc(F)c2)n1)C1(c2ccccc2)CCCCC1. The summed E-state index contributed by atoms with van der Waals surface area (Å²) in [5.41, 5.74) is 1.09. The van der Waals surface area contributed by atoms with Crippen molar-refractivity contribution in [1.82, 2.24) is 14.8 Å². The third-order valence-electron chi connectivity index (χ3n) is 5.27. The first-order valence-electron chi connectivity index (χ1n) is 9.22. The molecule has 6 heteroatoms. The van der Waals surface area contributed by atoms with Gasteiger partial charge in [-0.25, -0.2) is 9.67 Å². The number of hydrogen-bond donors (Lipinski definition) is 1. The maximum atomic E-state index is 13.3. The Hall–Kier alpha value is -3.02. The van der Waals surface area contributed by atoms with Crippen molar-refractivity contribution in [2.45, 2.75) is 37.5 Å². The summed E-state index contributed by atoms with van der Waals surface area (Å²) in [7, 11) is 0. The van der Waals surface area contributed by atoms with Crippen LogP contribution in [0.15, 0.2) is 60.9 Å². The van der Waals surface area contributed by atoms with Crippen LogP contribution in [0.4, 0.5) is 10.2 Å². The van der Waals surface area contributed by atoms with Gasteiger partial charge in [0.05, 0.1) is 11.1 Å². The maximum Gasteiger partial charge on any atom is 0.236 e. The zero-order chi connectivity index (χ0) is 18.7. The highest BCUT2D eigenvalue weighted by atomic mass is 19.1. The van der Waals surface area contributed by atoms with E-state index in [1.54, 1.807) is 18.3 Å². The molecule has 0 aliphatic heterocycles. The highest BCUT2D eigenvalue weighted by Gasteiger charge is 2.41. The van der Waals surface area contributed by atoms with Gasteiger partial charge in [0, 0.05) is 24.5 Å². The van der Waals surface area contributed by atoms with Crippen molar-refractivity contribution in [2.24, 2.45) is 0 Å². The molecule has 1 aliphatic rings. The second-order valence-corrected chi connectivity index (χ2v) is 6.95. The number of carbonyl (C=O) groups excluding carboxylic acids is 1. The van der Waals surface area contributed by atoms with Crippen LogP contribution in [0.25, 0.3) is 5.69 Å². The lowest BCUT2D eigenvalue weighted by molar-refractivity contribution is -0.122. The summed E-state index contributed by atoms with van der Waals surface area (Å²) in [6.07, 6.45) is 7.97. The molecule has 1 aromatic carbocycles. The number of nitrogens with one attached hydrogen (secondary N) is 1. The number of aromatic nitrogens is 3. The van der Waals surface area contributed by atoms with Crippen LogP contribution in [0, 0.1) is 5.95 Å². The summed E-state index contributed by atoms with van der Waals surface area (Å²) in [6.45, 7) is 0. The fraction of sp³-hybridized carbons (Fsp3) is 0.286. The molecule has 0 radical (unpaired) electrons. The molecular formula is C21H21FN4O. The molecular weight excluding hydrogens is 343 g/mol. The number of halogens is 1. The average Bonchev–Trinajstić information content (AvgIpc) is 3.18. The molecule has 1 saturated carbocycles. The quantitative estimate of drug-likeness (QED) is 0.704. The summed E-state index contributed by atoms with van der Waals surface area (Å²) in [5, 5.41) is 7.35. The first kappa shape index (κ1) is 17.4. The Morgan fingerprint density at radius 3 is 2.59 bits per heavy atom. The van der Waals surface area contributed by atoms with E-state index in [1.807, 2.05) is 30.3 Å². The van der Waals surface area contributed by atoms with E-state index in [2.05, 4.69) is 15.4 Å². The normalized spacial score (nSPS) is 16.0. The van der Waals surface area contributed by atoms with Crippen LogP contribution < -0.4 is 5.32 Å². The molecule has 1 N–H and O–H groups in total. The number of nitrogens with zero attached hydrogens (tertiary/aromatic N) is 3. The van der Waals surface area contributed by atoms with E-state index >= 15 is 0 Å². The molecule has 1 amide bonds. The Balaban J connectivity index is 1.59. The van der Waals surface area contributed by atoms with Gasteiger partial charge in [0.2, 0.25) is 11.9 Å². The molecule has 4 rings (SSSR count). The minimum absolute atomic E-state index is 0.0282. The molecule has 5 nitrogen and oxygen atoms in total. The molecule has 1 aliphatic carbocycles. The molecule has 0 unspecified atom stereocenters. The molecule has 0 atom stereocenters. The number of hydrogen-bond acceptors (Lipinski definition) is 3. The predicted octanol–water partition coefficient (Wildman–Crippen LogP) is 4.25.